The second-order valence-electron chi connectivity index (χ2n) is 11.5. The van der Waals surface area contributed by atoms with E-state index in [-0.39, 0.29) is 19.4 Å². The van der Waals surface area contributed by atoms with Gasteiger partial charge in [0.2, 0.25) is 10.0 Å². The van der Waals surface area contributed by atoms with Crippen LogP contribution >= 0.6 is 0 Å². The summed E-state index contributed by atoms with van der Waals surface area (Å²) in [4.78, 5) is 15.9. The number of aryl methyl sites for hydroxylation is 1. The lowest BCUT2D eigenvalue weighted by Crippen LogP contribution is -2.35. The Hall–Kier alpha value is -3.38. The van der Waals surface area contributed by atoms with Crippen molar-refractivity contribution < 1.29 is 31.8 Å². The number of methoxy groups -OCH3 is 1. The van der Waals surface area contributed by atoms with Crippen molar-refractivity contribution in [1.29, 1.82) is 0 Å². The van der Waals surface area contributed by atoms with Crippen LogP contribution in [0, 0.1) is 5.41 Å². The van der Waals surface area contributed by atoms with E-state index in [9.17, 15) is 22.0 Å². The number of aliphatic hydroxyl groups excluding tert-OH is 1. The Kier molecular flexibility index (Phi) is 6.88. The summed E-state index contributed by atoms with van der Waals surface area (Å²) in [7, 11) is -2.22. The van der Waals surface area contributed by atoms with Crippen LogP contribution in [-0.2, 0) is 23.0 Å². The number of carbonyl (C=O) groups excluding carboxylic acids is 1. The van der Waals surface area contributed by atoms with E-state index < -0.39 is 34.2 Å². The highest BCUT2D eigenvalue weighted by atomic mass is 32.2. The van der Waals surface area contributed by atoms with Gasteiger partial charge in [-0.3, -0.25) is 9.52 Å². The van der Waals surface area contributed by atoms with Crippen molar-refractivity contribution >= 4 is 43.9 Å². The zero-order valence-corrected chi connectivity index (χ0v) is 23.7. The van der Waals surface area contributed by atoms with E-state index in [0.717, 1.165) is 25.9 Å². The van der Waals surface area contributed by atoms with Gasteiger partial charge in [-0.1, -0.05) is 0 Å². The zero-order valence-electron chi connectivity index (χ0n) is 22.9. The van der Waals surface area contributed by atoms with E-state index in [4.69, 9.17) is 9.84 Å². The Morgan fingerprint density at radius 2 is 1.80 bits per heavy atom. The average molecular weight is 589 g/mol. The predicted octanol–water partition coefficient (Wildman–Crippen LogP) is 4.60. The Labute approximate surface area is 237 Å². The number of amides is 1. The Balaban J connectivity index is 1.34. The Bertz CT molecular complexity index is 1610. The predicted molar refractivity (Wildman–Crippen MR) is 154 cm³/mol. The van der Waals surface area contributed by atoms with Crippen molar-refractivity contribution in [3.05, 3.63) is 47.7 Å². The third-order valence-electron chi connectivity index (χ3n) is 8.71. The van der Waals surface area contributed by atoms with Gasteiger partial charge in [-0.05, 0) is 67.5 Å². The molecule has 2 aliphatic heterocycles. The van der Waals surface area contributed by atoms with E-state index in [1.165, 1.54) is 26.0 Å². The van der Waals surface area contributed by atoms with Crippen LogP contribution in [-0.4, -0.2) is 62.5 Å². The first-order valence-corrected chi connectivity index (χ1v) is 15.6. The van der Waals surface area contributed by atoms with Gasteiger partial charge in [0.15, 0.2) is 0 Å². The molecule has 0 bridgehead atoms. The van der Waals surface area contributed by atoms with Crippen LogP contribution in [0.5, 0.6) is 5.75 Å². The number of aromatic nitrogens is 1. The number of fused-ring (bicyclic) bond motifs is 3. The summed E-state index contributed by atoms with van der Waals surface area (Å²) in [6, 6.07) is 9.91. The van der Waals surface area contributed by atoms with Crippen LogP contribution in [0.25, 0.3) is 10.9 Å². The molecular formula is C29H34F2N4O5S. The average Bonchev–Trinajstić information content (AvgIpc) is 3.57. The third kappa shape index (κ3) is 5.46. The normalized spacial score (nSPS) is 19.2. The van der Waals surface area contributed by atoms with Gasteiger partial charge in [0.1, 0.15) is 5.75 Å². The molecule has 41 heavy (non-hydrogen) atoms. The zero-order chi connectivity index (χ0) is 29.0. The van der Waals surface area contributed by atoms with Gasteiger partial charge >= 0.3 is 0 Å². The number of nitrogens with zero attached hydrogens (tertiary/aromatic N) is 2. The molecule has 1 amide bonds. The smallest absolute Gasteiger partial charge is 0.257 e. The topological polar surface area (TPSA) is 113 Å². The molecule has 1 aliphatic carbocycles. The molecule has 3 aliphatic rings. The number of rotatable bonds is 8. The maximum atomic E-state index is 14.2. The highest BCUT2D eigenvalue weighted by molar-refractivity contribution is 7.92. The minimum absolute atomic E-state index is 0.147. The molecule has 3 aromatic rings. The highest BCUT2D eigenvalue weighted by Gasteiger charge is 2.44. The number of benzene rings is 2. The molecule has 12 heteroatoms. The lowest BCUT2D eigenvalue weighted by atomic mass is 9.93. The standard InChI is InChI=1S/C29H34F2N4O5S/c1-40-25-5-4-23(22-17-20-18-29(30,31)10-13-35(20)26(22)25)32-27(37)21-3-2-19(33-41(38,39)15-14-36)16-24(21)34-11-8-28(6-7-28)9-12-34/h2-5,16-17,33,36H,6-15,18H2,1H3,(H,32,37). The molecule has 1 saturated heterocycles. The first-order valence-electron chi connectivity index (χ1n) is 13.9. The molecule has 2 fully saturated rings. The van der Waals surface area contributed by atoms with Crippen molar-refractivity contribution in [3.63, 3.8) is 0 Å². The summed E-state index contributed by atoms with van der Waals surface area (Å²) in [6.07, 6.45) is 3.81. The number of halogens is 2. The van der Waals surface area contributed by atoms with E-state index >= 15 is 0 Å². The van der Waals surface area contributed by atoms with Crippen molar-refractivity contribution in [2.75, 3.05) is 47.5 Å². The molecule has 0 radical (unpaired) electrons. The molecule has 2 aromatic carbocycles. The number of aliphatic hydroxyl groups is 1. The first-order chi connectivity index (χ1) is 19.5. The van der Waals surface area contributed by atoms with Crippen LogP contribution in [0.4, 0.5) is 25.8 Å². The van der Waals surface area contributed by atoms with Crippen molar-refractivity contribution in [3.8, 4) is 5.75 Å². The first kappa shape index (κ1) is 27.8. The summed E-state index contributed by atoms with van der Waals surface area (Å²) in [5.74, 6) is -3.07. The molecular weight excluding hydrogens is 554 g/mol. The molecule has 3 N–H and O–H groups in total. The third-order valence-corrected chi connectivity index (χ3v) is 9.98. The maximum Gasteiger partial charge on any atom is 0.257 e. The van der Waals surface area contributed by atoms with E-state index in [0.29, 0.717) is 50.4 Å². The Morgan fingerprint density at radius 3 is 2.49 bits per heavy atom. The van der Waals surface area contributed by atoms with Gasteiger partial charge in [0.05, 0.1) is 54.0 Å². The summed E-state index contributed by atoms with van der Waals surface area (Å²) < 4.78 is 62.9. The number of hydrogen-bond acceptors (Lipinski definition) is 6. The molecule has 1 spiro atoms. The van der Waals surface area contributed by atoms with Crippen LogP contribution in [0.15, 0.2) is 36.4 Å². The molecule has 0 atom stereocenters. The summed E-state index contributed by atoms with van der Waals surface area (Å²) in [6.45, 7) is 1.14. The van der Waals surface area contributed by atoms with Gasteiger partial charge in [-0.25, -0.2) is 17.2 Å². The molecule has 9 nitrogen and oxygen atoms in total. The molecule has 0 unspecified atom stereocenters. The van der Waals surface area contributed by atoms with Gasteiger partial charge in [-0.2, -0.15) is 0 Å². The van der Waals surface area contributed by atoms with Gasteiger partial charge < -0.3 is 24.6 Å². The van der Waals surface area contributed by atoms with E-state index in [1.807, 2.05) is 4.57 Å². The van der Waals surface area contributed by atoms with E-state index in [2.05, 4.69) is 14.9 Å². The highest BCUT2D eigenvalue weighted by Crippen LogP contribution is 2.54. The minimum atomic E-state index is -3.75. The quantitative estimate of drug-likeness (QED) is 0.355. The molecule has 1 saturated carbocycles. The van der Waals surface area contributed by atoms with Crippen LogP contribution in [0.2, 0.25) is 0 Å². The van der Waals surface area contributed by atoms with Crippen LogP contribution in [0.1, 0.15) is 48.2 Å². The van der Waals surface area contributed by atoms with Crippen molar-refractivity contribution in [2.24, 2.45) is 5.41 Å². The van der Waals surface area contributed by atoms with Crippen molar-refractivity contribution in [1.82, 2.24) is 4.57 Å². The summed E-state index contributed by atoms with van der Waals surface area (Å²) in [5.41, 5.74) is 3.33. The number of ether oxygens (including phenoxy) is 1. The SMILES string of the molecule is COc1ccc(NC(=O)c2ccc(NS(=O)(=O)CCO)cc2N2CCC3(CC2)CC3)c2cc3n(c12)CCC(F)(F)C3. The van der Waals surface area contributed by atoms with E-state index in [1.54, 1.807) is 30.3 Å². The monoisotopic (exact) mass is 588 g/mol. The fourth-order valence-electron chi connectivity index (χ4n) is 6.19. The molecule has 3 heterocycles. The fraction of sp³-hybridized carbons (Fsp3) is 0.483. The lowest BCUT2D eigenvalue weighted by Gasteiger charge is -2.35. The Morgan fingerprint density at radius 1 is 1.05 bits per heavy atom. The number of alkyl halides is 2. The molecule has 1 aromatic heterocycles. The summed E-state index contributed by atoms with van der Waals surface area (Å²) in [5, 5.41) is 12.7. The van der Waals surface area contributed by atoms with Gasteiger partial charge in [0, 0.05) is 37.1 Å². The lowest BCUT2D eigenvalue weighted by molar-refractivity contribution is -0.0219. The maximum absolute atomic E-state index is 14.2. The van der Waals surface area contributed by atoms with Crippen LogP contribution in [0.3, 0.4) is 0 Å². The number of nitrogens with one attached hydrogen (secondary N) is 2. The minimum Gasteiger partial charge on any atom is -0.495 e. The summed E-state index contributed by atoms with van der Waals surface area (Å²) >= 11 is 0. The molecule has 6 rings (SSSR count). The largest absolute Gasteiger partial charge is 0.495 e. The number of anilines is 3. The molecule has 220 valence electrons. The second kappa shape index (κ2) is 10.2. The fourth-order valence-corrected chi connectivity index (χ4v) is 7.02. The number of sulfonamides is 1. The second-order valence-corrected chi connectivity index (χ2v) is 13.3. The number of carbonyl (C=O) groups is 1. The van der Waals surface area contributed by atoms with Gasteiger partial charge in [-0.15, -0.1) is 0 Å². The number of hydrogen-bond donors (Lipinski definition) is 3. The van der Waals surface area contributed by atoms with Crippen molar-refractivity contribution in [2.45, 2.75) is 51.0 Å². The van der Waals surface area contributed by atoms with Crippen LogP contribution < -0.4 is 19.7 Å². The van der Waals surface area contributed by atoms with Gasteiger partial charge in [0.25, 0.3) is 11.8 Å². The number of piperidine rings is 1.